The maximum atomic E-state index is 12.7. The Bertz CT molecular complexity index is 1000. The van der Waals surface area contributed by atoms with Crippen molar-refractivity contribution in [3.63, 3.8) is 0 Å². The van der Waals surface area contributed by atoms with Gasteiger partial charge in [0, 0.05) is 25.4 Å². The summed E-state index contributed by atoms with van der Waals surface area (Å²) in [5.41, 5.74) is 3.20. The number of carboxylic acids is 1. The summed E-state index contributed by atoms with van der Waals surface area (Å²) in [6.45, 7) is 6.91. The summed E-state index contributed by atoms with van der Waals surface area (Å²) in [4.78, 5) is 38.0. The number of fused-ring (bicyclic) bond motifs is 3. The first-order valence-electron chi connectivity index (χ1n) is 11.2. The molecule has 0 aromatic heterocycles. The minimum absolute atomic E-state index is 0.0188. The standard InChI is InChI=1S/C26H32N2O5/c1-16(2)22(14-23(29)28(5)26(3,4)24(30)31)27-25(32)33-15-21-19-12-8-6-10-17(19)18-11-7-9-13-20(18)21/h6-13,16,21-22H,14-15H2,1-5H3,(H,27,32)(H,30,31). The molecule has 33 heavy (non-hydrogen) atoms. The lowest BCUT2D eigenvalue weighted by atomic mass is 9.98. The Kier molecular flexibility index (Phi) is 7.10. The first-order valence-corrected chi connectivity index (χ1v) is 11.2. The molecule has 1 aliphatic carbocycles. The second kappa shape index (κ2) is 9.65. The van der Waals surface area contributed by atoms with Crippen LogP contribution in [0.4, 0.5) is 4.79 Å². The summed E-state index contributed by atoms with van der Waals surface area (Å²) in [6, 6.07) is 15.7. The molecule has 0 bridgehead atoms. The van der Waals surface area contributed by atoms with Crippen LogP contribution < -0.4 is 5.32 Å². The van der Waals surface area contributed by atoms with E-state index in [0.717, 1.165) is 22.3 Å². The Morgan fingerprint density at radius 3 is 2.03 bits per heavy atom. The summed E-state index contributed by atoms with van der Waals surface area (Å²) in [5, 5.41) is 12.2. The number of likely N-dealkylation sites (N-methyl/N-ethyl adjacent to an activating group) is 1. The molecule has 7 heteroatoms. The molecular formula is C26H32N2O5. The number of rotatable bonds is 8. The van der Waals surface area contributed by atoms with Gasteiger partial charge in [-0.25, -0.2) is 9.59 Å². The minimum Gasteiger partial charge on any atom is -0.480 e. The van der Waals surface area contributed by atoms with Crippen molar-refractivity contribution in [2.45, 2.75) is 51.6 Å². The Hall–Kier alpha value is -3.35. The molecule has 0 saturated carbocycles. The van der Waals surface area contributed by atoms with Crippen LogP contribution in [0.15, 0.2) is 48.5 Å². The minimum atomic E-state index is -1.34. The van der Waals surface area contributed by atoms with E-state index in [2.05, 4.69) is 29.6 Å². The summed E-state index contributed by atoms with van der Waals surface area (Å²) in [6.07, 6.45) is -0.613. The van der Waals surface area contributed by atoms with Gasteiger partial charge in [0.15, 0.2) is 0 Å². The Labute approximate surface area is 194 Å². The van der Waals surface area contributed by atoms with Crippen molar-refractivity contribution in [3.8, 4) is 11.1 Å². The van der Waals surface area contributed by atoms with E-state index in [4.69, 9.17) is 4.74 Å². The topological polar surface area (TPSA) is 95.9 Å². The molecule has 0 aliphatic heterocycles. The molecule has 2 aromatic rings. The van der Waals surface area contributed by atoms with Gasteiger partial charge in [-0.1, -0.05) is 62.4 Å². The van der Waals surface area contributed by atoms with Crippen LogP contribution in [0, 0.1) is 5.92 Å². The van der Waals surface area contributed by atoms with E-state index in [1.807, 2.05) is 38.1 Å². The molecule has 2 N–H and O–H groups in total. The molecule has 2 aromatic carbocycles. The number of aliphatic carboxylic acids is 1. The van der Waals surface area contributed by atoms with Crippen molar-refractivity contribution in [2.75, 3.05) is 13.7 Å². The highest BCUT2D eigenvalue weighted by Crippen LogP contribution is 2.44. The van der Waals surface area contributed by atoms with Gasteiger partial charge in [0.1, 0.15) is 12.1 Å². The number of nitrogens with one attached hydrogen (secondary N) is 1. The Morgan fingerprint density at radius 2 is 1.55 bits per heavy atom. The van der Waals surface area contributed by atoms with E-state index in [1.165, 1.54) is 25.8 Å². The maximum absolute atomic E-state index is 12.7. The molecule has 176 valence electrons. The van der Waals surface area contributed by atoms with Crippen LogP contribution in [0.3, 0.4) is 0 Å². The zero-order chi connectivity index (χ0) is 24.3. The number of nitrogens with zero attached hydrogens (tertiary/aromatic N) is 1. The Morgan fingerprint density at radius 1 is 1.03 bits per heavy atom. The van der Waals surface area contributed by atoms with Gasteiger partial charge in [0.2, 0.25) is 5.91 Å². The monoisotopic (exact) mass is 452 g/mol. The summed E-state index contributed by atoms with van der Waals surface area (Å²) < 4.78 is 5.60. The fourth-order valence-corrected chi connectivity index (χ4v) is 4.03. The van der Waals surface area contributed by atoms with Crippen LogP contribution in [0.2, 0.25) is 0 Å². The number of carbonyl (C=O) groups is 3. The van der Waals surface area contributed by atoms with Crippen molar-refractivity contribution in [1.82, 2.24) is 10.2 Å². The number of alkyl carbamates (subject to hydrolysis) is 1. The molecule has 1 unspecified atom stereocenters. The highest BCUT2D eigenvalue weighted by molar-refractivity contribution is 5.86. The number of carboxylic acid groups (broad SMARTS) is 1. The molecule has 7 nitrogen and oxygen atoms in total. The molecule has 0 radical (unpaired) electrons. The highest BCUT2D eigenvalue weighted by Gasteiger charge is 2.36. The average Bonchev–Trinajstić information content (AvgIpc) is 3.10. The molecule has 0 fully saturated rings. The van der Waals surface area contributed by atoms with E-state index in [-0.39, 0.29) is 30.8 Å². The van der Waals surface area contributed by atoms with Gasteiger partial charge in [-0.2, -0.15) is 0 Å². The van der Waals surface area contributed by atoms with Gasteiger partial charge >= 0.3 is 12.1 Å². The third-order valence-electron chi connectivity index (χ3n) is 6.58. The zero-order valence-electron chi connectivity index (χ0n) is 19.8. The summed E-state index contributed by atoms with van der Waals surface area (Å²) in [7, 11) is 1.46. The van der Waals surface area contributed by atoms with Gasteiger partial charge in [-0.3, -0.25) is 4.79 Å². The summed E-state index contributed by atoms with van der Waals surface area (Å²) in [5.74, 6) is -1.55. The van der Waals surface area contributed by atoms with Crippen LogP contribution in [0.1, 0.15) is 51.2 Å². The fraction of sp³-hybridized carbons (Fsp3) is 0.423. The fourth-order valence-electron chi connectivity index (χ4n) is 4.03. The van der Waals surface area contributed by atoms with Crippen LogP contribution in [0.5, 0.6) is 0 Å². The lowest BCUT2D eigenvalue weighted by molar-refractivity contribution is -0.155. The first kappa shape index (κ1) is 24.3. The molecule has 2 amide bonds. The summed E-state index contributed by atoms with van der Waals surface area (Å²) >= 11 is 0. The SMILES string of the molecule is CC(C)C(CC(=O)N(C)C(C)(C)C(=O)O)NC(=O)OCC1c2ccccc2-c2ccccc21. The van der Waals surface area contributed by atoms with Crippen molar-refractivity contribution < 1.29 is 24.2 Å². The molecule has 3 rings (SSSR count). The number of amides is 2. The Balaban J connectivity index is 1.64. The molecule has 0 heterocycles. The van der Waals surface area contributed by atoms with Crippen LogP contribution in [-0.4, -0.2) is 53.2 Å². The molecule has 1 aliphatic rings. The molecule has 0 saturated heterocycles. The van der Waals surface area contributed by atoms with Crippen molar-refractivity contribution in [3.05, 3.63) is 59.7 Å². The number of carbonyl (C=O) groups excluding carboxylic acids is 2. The van der Waals surface area contributed by atoms with E-state index in [1.54, 1.807) is 0 Å². The zero-order valence-corrected chi connectivity index (χ0v) is 19.8. The lowest BCUT2D eigenvalue weighted by Gasteiger charge is -2.33. The molecule has 0 spiro atoms. The maximum Gasteiger partial charge on any atom is 0.407 e. The predicted molar refractivity (Wildman–Crippen MR) is 126 cm³/mol. The first-order chi connectivity index (χ1) is 15.5. The van der Waals surface area contributed by atoms with Gasteiger partial charge in [0.05, 0.1) is 0 Å². The van der Waals surface area contributed by atoms with E-state index in [9.17, 15) is 19.5 Å². The third-order valence-corrected chi connectivity index (χ3v) is 6.58. The second-order valence-corrected chi connectivity index (χ2v) is 9.34. The van der Waals surface area contributed by atoms with E-state index >= 15 is 0 Å². The lowest BCUT2D eigenvalue weighted by Crippen LogP contribution is -2.52. The van der Waals surface area contributed by atoms with Crippen LogP contribution >= 0.6 is 0 Å². The van der Waals surface area contributed by atoms with E-state index in [0.29, 0.717) is 0 Å². The van der Waals surface area contributed by atoms with Crippen molar-refractivity contribution in [2.24, 2.45) is 5.92 Å². The number of benzene rings is 2. The molecule has 1 atom stereocenters. The average molecular weight is 453 g/mol. The number of hydrogen-bond acceptors (Lipinski definition) is 4. The van der Waals surface area contributed by atoms with Crippen LogP contribution in [0.25, 0.3) is 11.1 Å². The number of hydrogen-bond donors (Lipinski definition) is 2. The normalized spacial score (nSPS) is 13.8. The van der Waals surface area contributed by atoms with Crippen molar-refractivity contribution >= 4 is 18.0 Å². The third kappa shape index (κ3) is 5.02. The van der Waals surface area contributed by atoms with Crippen molar-refractivity contribution in [1.29, 1.82) is 0 Å². The van der Waals surface area contributed by atoms with Gasteiger partial charge in [0.25, 0.3) is 0 Å². The quantitative estimate of drug-likeness (QED) is 0.624. The molecular weight excluding hydrogens is 420 g/mol. The number of ether oxygens (including phenoxy) is 1. The van der Waals surface area contributed by atoms with Gasteiger partial charge in [-0.05, 0) is 42.0 Å². The van der Waals surface area contributed by atoms with E-state index < -0.39 is 23.6 Å². The van der Waals surface area contributed by atoms with Gasteiger partial charge in [-0.15, -0.1) is 0 Å². The predicted octanol–water partition coefficient (Wildman–Crippen LogP) is 4.26. The smallest absolute Gasteiger partial charge is 0.407 e. The highest BCUT2D eigenvalue weighted by atomic mass is 16.5. The van der Waals surface area contributed by atoms with Crippen LogP contribution in [-0.2, 0) is 14.3 Å². The van der Waals surface area contributed by atoms with Gasteiger partial charge < -0.3 is 20.1 Å². The second-order valence-electron chi connectivity index (χ2n) is 9.34. The largest absolute Gasteiger partial charge is 0.480 e.